The van der Waals surface area contributed by atoms with Crippen molar-refractivity contribution in [3.8, 4) is 11.5 Å². The van der Waals surface area contributed by atoms with E-state index in [2.05, 4.69) is 0 Å². The van der Waals surface area contributed by atoms with Gasteiger partial charge in [-0.15, -0.1) is 11.6 Å². The molecule has 2 aromatic rings. The van der Waals surface area contributed by atoms with Crippen LogP contribution in [0.1, 0.15) is 5.56 Å². The third-order valence-corrected chi connectivity index (χ3v) is 3.15. The van der Waals surface area contributed by atoms with Crippen molar-refractivity contribution in [2.24, 2.45) is 0 Å². The Morgan fingerprint density at radius 1 is 1.05 bits per heavy atom. The van der Waals surface area contributed by atoms with Crippen LogP contribution in [0.25, 0.3) is 0 Å². The number of hydrogen-bond donors (Lipinski definition) is 0. The summed E-state index contributed by atoms with van der Waals surface area (Å²) in [6.07, 6.45) is 0.343. The SMILES string of the molecule is O=C(CCl)Cc1ccc(Oc2ccccc2Cl)cc1. The first-order valence-electron chi connectivity index (χ1n) is 5.78. The van der Waals surface area contributed by atoms with Crippen molar-refractivity contribution in [1.29, 1.82) is 0 Å². The molecule has 0 atom stereocenters. The molecule has 0 unspecified atom stereocenters. The van der Waals surface area contributed by atoms with Gasteiger partial charge in [0.1, 0.15) is 11.5 Å². The van der Waals surface area contributed by atoms with Crippen LogP contribution in [0, 0.1) is 0 Å². The molecule has 0 N–H and O–H groups in total. The summed E-state index contributed by atoms with van der Waals surface area (Å²) >= 11 is 11.5. The van der Waals surface area contributed by atoms with Crippen molar-refractivity contribution in [3.05, 3.63) is 59.1 Å². The van der Waals surface area contributed by atoms with Gasteiger partial charge in [-0.1, -0.05) is 35.9 Å². The minimum Gasteiger partial charge on any atom is -0.456 e. The number of carbonyl (C=O) groups is 1. The lowest BCUT2D eigenvalue weighted by Crippen LogP contribution is -2.03. The Kier molecular flexibility index (Phi) is 4.83. The molecule has 0 aliphatic heterocycles. The minimum absolute atomic E-state index is 0.00133. The van der Waals surface area contributed by atoms with Gasteiger partial charge in [-0.2, -0.15) is 0 Å². The number of ether oxygens (including phenoxy) is 1. The molecule has 0 radical (unpaired) electrons. The number of ketones is 1. The van der Waals surface area contributed by atoms with E-state index in [4.69, 9.17) is 27.9 Å². The Balaban J connectivity index is 2.07. The van der Waals surface area contributed by atoms with Crippen LogP contribution in [-0.4, -0.2) is 11.7 Å². The molecule has 0 saturated heterocycles. The van der Waals surface area contributed by atoms with Gasteiger partial charge in [-0.05, 0) is 29.8 Å². The van der Waals surface area contributed by atoms with Crippen LogP contribution in [0.5, 0.6) is 11.5 Å². The fraction of sp³-hybridized carbons (Fsp3) is 0.133. The lowest BCUT2D eigenvalue weighted by Gasteiger charge is -2.07. The standard InChI is InChI=1S/C15H12Cl2O2/c16-10-12(18)9-11-5-7-13(8-6-11)19-15-4-2-1-3-14(15)17/h1-8H,9-10H2. The molecule has 2 aromatic carbocycles. The molecule has 2 rings (SSSR count). The first-order valence-corrected chi connectivity index (χ1v) is 6.69. The van der Waals surface area contributed by atoms with Gasteiger partial charge >= 0.3 is 0 Å². The zero-order valence-electron chi connectivity index (χ0n) is 10.1. The Morgan fingerprint density at radius 2 is 1.74 bits per heavy atom. The number of hydrogen-bond acceptors (Lipinski definition) is 2. The summed E-state index contributed by atoms with van der Waals surface area (Å²) in [6.45, 7) is 0. The highest BCUT2D eigenvalue weighted by molar-refractivity contribution is 6.32. The molecule has 0 heterocycles. The van der Waals surface area contributed by atoms with Gasteiger partial charge < -0.3 is 4.74 Å². The summed E-state index contributed by atoms with van der Waals surface area (Å²) in [6, 6.07) is 14.6. The molecule has 19 heavy (non-hydrogen) atoms. The van der Waals surface area contributed by atoms with E-state index in [1.54, 1.807) is 24.3 Å². The number of para-hydroxylation sites is 1. The zero-order valence-corrected chi connectivity index (χ0v) is 11.6. The van der Waals surface area contributed by atoms with Gasteiger partial charge in [0.05, 0.1) is 10.9 Å². The average molecular weight is 295 g/mol. The lowest BCUT2D eigenvalue weighted by atomic mass is 10.1. The molecule has 0 amide bonds. The number of rotatable bonds is 5. The Labute approximate surface area is 121 Å². The van der Waals surface area contributed by atoms with Crippen LogP contribution in [-0.2, 0) is 11.2 Å². The van der Waals surface area contributed by atoms with Crippen molar-refractivity contribution in [2.75, 3.05) is 5.88 Å². The van der Waals surface area contributed by atoms with E-state index >= 15 is 0 Å². The Bertz CT molecular complexity index is 565. The van der Waals surface area contributed by atoms with Crippen LogP contribution in [0.15, 0.2) is 48.5 Å². The van der Waals surface area contributed by atoms with Crippen LogP contribution in [0.3, 0.4) is 0 Å². The molecule has 2 nitrogen and oxygen atoms in total. The van der Waals surface area contributed by atoms with E-state index in [9.17, 15) is 4.79 Å². The van der Waals surface area contributed by atoms with E-state index in [0.29, 0.717) is 22.9 Å². The Morgan fingerprint density at radius 3 is 2.37 bits per heavy atom. The van der Waals surface area contributed by atoms with Crippen LogP contribution in [0.2, 0.25) is 5.02 Å². The van der Waals surface area contributed by atoms with Gasteiger partial charge in [0.15, 0.2) is 5.78 Å². The molecule has 0 aliphatic rings. The van der Waals surface area contributed by atoms with Gasteiger partial charge in [0.25, 0.3) is 0 Å². The smallest absolute Gasteiger partial charge is 0.151 e. The van der Waals surface area contributed by atoms with Crippen molar-refractivity contribution in [3.63, 3.8) is 0 Å². The van der Waals surface area contributed by atoms with Crippen molar-refractivity contribution in [1.82, 2.24) is 0 Å². The van der Waals surface area contributed by atoms with Gasteiger partial charge in [0, 0.05) is 6.42 Å². The second kappa shape index (κ2) is 6.60. The molecule has 0 spiro atoms. The third-order valence-electron chi connectivity index (χ3n) is 2.54. The molecule has 0 saturated carbocycles. The summed E-state index contributed by atoms with van der Waals surface area (Å²) in [5.41, 5.74) is 0.914. The summed E-state index contributed by atoms with van der Waals surface area (Å²) in [5.74, 6) is 1.32. The minimum atomic E-state index is 0.00133. The van der Waals surface area contributed by atoms with E-state index in [1.807, 2.05) is 24.3 Å². The number of alkyl halides is 1. The first-order chi connectivity index (χ1) is 9.19. The molecule has 0 fully saturated rings. The highest BCUT2D eigenvalue weighted by Gasteiger charge is 2.04. The van der Waals surface area contributed by atoms with Gasteiger partial charge in [0.2, 0.25) is 0 Å². The molecule has 4 heteroatoms. The summed E-state index contributed by atoms with van der Waals surface area (Å²) in [5, 5.41) is 0.559. The van der Waals surface area contributed by atoms with Gasteiger partial charge in [-0.25, -0.2) is 0 Å². The van der Waals surface area contributed by atoms with Gasteiger partial charge in [-0.3, -0.25) is 4.79 Å². The van der Waals surface area contributed by atoms with E-state index < -0.39 is 0 Å². The normalized spacial score (nSPS) is 10.2. The van der Waals surface area contributed by atoms with Crippen LogP contribution >= 0.6 is 23.2 Å². The fourth-order valence-corrected chi connectivity index (χ4v) is 1.87. The van der Waals surface area contributed by atoms with Crippen LogP contribution in [0.4, 0.5) is 0 Å². The second-order valence-electron chi connectivity index (χ2n) is 4.03. The molecular weight excluding hydrogens is 283 g/mol. The first kappa shape index (κ1) is 13.9. The van der Waals surface area contributed by atoms with Crippen molar-refractivity contribution < 1.29 is 9.53 Å². The van der Waals surface area contributed by atoms with E-state index in [-0.39, 0.29) is 11.7 Å². The van der Waals surface area contributed by atoms with E-state index in [1.165, 1.54) is 0 Å². The number of benzene rings is 2. The average Bonchev–Trinajstić information content (AvgIpc) is 2.43. The molecule has 0 bridgehead atoms. The maximum atomic E-state index is 11.2. The fourth-order valence-electron chi connectivity index (χ4n) is 1.60. The predicted octanol–water partition coefficient (Wildman–Crippen LogP) is 4.48. The number of Topliss-reactive ketones (excluding diaryl/α,β-unsaturated/α-hetero) is 1. The quantitative estimate of drug-likeness (QED) is 0.760. The Hall–Kier alpha value is -1.51. The molecular formula is C15H12Cl2O2. The highest BCUT2D eigenvalue weighted by Crippen LogP contribution is 2.28. The van der Waals surface area contributed by atoms with Crippen molar-refractivity contribution in [2.45, 2.75) is 6.42 Å². The number of halogens is 2. The molecule has 98 valence electrons. The maximum absolute atomic E-state index is 11.2. The predicted molar refractivity (Wildman–Crippen MR) is 77.4 cm³/mol. The second-order valence-corrected chi connectivity index (χ2v) is 4.70. The monoisotopic (exact) mass is 294 g/mol. The van der Waals surface area contributed by atoms with E-state index in [0.717, 1.165) is 5.56 Å². The maximum Gasteiger partial charge on any atom is 0.151 e. The summed E-state index contributed by atoms with van der Waals surface area (Å²) in [7, 11) is 0. The largest absolute Gasteiger partial charge is 0.456 e. The molecule has 0 aromatic heterocycles. The zero-order chi connectivity index (χ0) is 13.7. The topological polar surface area (TPSA) is 26.3 Å². The highest BCUT2D eigenvalue weighted by atomic mass is 35.5. The number of carbonyl (C=O) groups excluding carboxylic acids is 1. The van der Waals surface area contributed by atoms with Crippen molar-refractivity contribution >= 4 is 29.0 Å². The lowest BCUT2D eigenvalue weighted by molar-refractivity contribution is -0.116. The summed E-state index contributed by atoms with van der Waals surface area (Å²) in [4.78, 5) is 11.2. The van der Waals surface area contributed by atoms with Crippen LogP contribution < -0.4 is 4.74 Å². The third kappa shape index (κ3) is 3.98. The summed E-state index contributed by atoms with van der Waals surface area (Å²) < 4.78 is 5.65. The molecule has 0 aliphatic carbocycles.